The Hall–Kier alpha value is -2.23. The zero-order chi connectivity index (χ0) is 14.5. The molecule has 0 aliphatic carbocycles. The molecular formula is C16H17FN2O. The highest BCUT2D eigenvalue weighted by molar-refractivity contribution is 5.81. The standard InChI is InChI=1S/C16H17FN2O/c1-12(2)18-15-5-3-4-10-19(15)16(20)11-13-6-8-14(17)9-7-13/h3-10,12H,11H2,1-2H3. The number of rotatable bonds is 3. The van der Waals surface area contributed by atoms with E-state index >= 15 is 0 Å². The van der Waals surface area contributed by atoms with Gasteiger partial charge in [0.15, 0.2) is 0 Å². The Morgan fingerprint density at radius 2 is 1.90 bits per heavy atom. The molecule has 104 valence electrons. The van der Waals surface area contributed by atoms with Gasteiger partial charge in [0.1, 0.15) is 11.3 Å². The van der Waals surface area contributed by atoms with Crippen molar-refractivity contribution in [1.82, 2.24) is 4.57 Å². The fraction of sp³-hybridized carbons (Fsp3) is 0.250. The third-order valence-electron chi connectivity index (χ3n) is 2.77. The second-order valence-corrected chi connectivity index (χ2v) is 4.85. The first kappa shape index (κ1) is 14.2. The van der Waals surface area contributed by atoms with Crippen molar-refractivity contribution in [2.75, 3.05) is 0 Å². The highest BCUT2D eigenvalue weighted by Gasteiger charge is 2.07. The number of halogens is 1. The summed E-state index contributed by atoms with van der Waals surface area (Å²) >= 11 is 0. The van der Waals surface area contributed by atoms with E-state index in [0.717, 1.165) is 5.56 Å². The molecule has 0 bridgehead atoms. The molecule has 2 aromatic rings. The van der Waals surface area contributed by atoms with Gasteiger partial charge in [0.25, 0.3) is 0 Å². The van der Waals surface area contributed by atoms with Crippen molar-refractivity contribution in [2.24, 2.45) is 4.99 Å². The van der Waals surface area contributed by atoms with Gasteiger partial charge in [0, 0.05) is 12.2 Å². The van der Waals surface area contributed by atoms with Crippen LogP contribution in [0.3, 0.4) is 0 Å². The van der Waals surface area contributed by atoms with Gasteiger partial charge in [-0.15, -0.1) is 0 Å². The van der Waals surface area contributed by atoms with Crippen molar-refractivity contribution >= 4 is 5.91 Å². The van der Waals surface area contributed by atoms with Crippen LogP contribution in [0.2, 0.25) is 0 Å². The van der Waals surface area contributed by atoms with E-state index in [-0.39, 0.29) is 24.2 Å². The minimum Gasteiger partial charge on any atom is -0.274 e. The maximum Gasteiger partial charge on any atom is 0.236 e. The van der Waals surface area contributed by atoms with Crippen LogP contribution >= 0.6 is 0 Å². The van der Waals surface area contributed by atoms with Gasteiger partial charge >= 0.3 is 0 Å². The highest BCUT2D eigenvalue weighted by Crippen LogP contribution is 2.04. The fourth-order valence-corrected chi connectivity index (χ4v) is 1.88. The van der Waals surface area contributed by atoms with Crippen LogP contribution in [-0.4, -0.2) is 16.5 Å². The summed E-state index contributed by atoms with van der Waals surface area (Å²) in [6, 6.07) is 11.5. The van der Waals surface area contributed by atoms with E-state index in [4.69, 9.17) is 0 Å². The minimum atomic E-state index is -0.302. The van der Waals surface area contributed by atoms with Crippen molar-refractivity contribution in [2.45, 2.75) is 26.3 Å². The molecule has 1 heterocycles. The number of aromatic nitrogens is 1. The van der Waals surface area contributed by atoms with Gasteiger partial charge in [-0.3, -0.25) is 14.4 Å². The van der Waals surface area contributed by atoms with Crippen LogP contribution < -0.4 is 5.49 Å². The molecule has 1 aromatic heterocycles. The van der Waals surface area contributed by atoms with Gasteiger partial charge < -0.3 is 0 Å². The second kappa shape index (κ2) is 6.28. The molecule has 0 unspecified atom stereocenters. The molecule has 0 spiro atoms. The predicted molar refractivity (Wildman–Crippen MR) is 75.9 cm³/mol. The Balaban J connectivity index is 2.28. The molecule has 0 saturated carbocycles. The molecule has 0 amide bonds. The van der Waals surface area contributed by atoms with E-state index in [1.54, 1.807) is 24.4 Å². The quantitative estimate of drug-likeness (QED) is 0.846. The lowest BCUT2D eigenvalue weighted by molar-refractivity contribution is 0.0908. The van der Waals surface area contributed by atoms with Crippen molar-refractivity contribution in [3.8, 4) is 0 Å². The SMILES string of the molecule is CC(C)N=c1ccccn1C(=O)Cc1ccc(F)cc1. The Morgan fingerprint density at radius 1 is 1.20 bits per heavy atom. The molecule has 0 atom stereocenters. The molecule has 0 radical (unpaired) electrons. The first-order valence-corrected chi connectivity index (χ1v) is 6.55. The topological polar surface area (TPSA) is 34.4 Å². The average Bonchev–Trinajstić information content (AvgIpc) is 2.41. The summed E-state index contributed by atoms with van der Waals surface area (Å²) in [6.07, 6.45) is 1.92. The maximum absolute atomic E-state index is 12.8. The Labute approximate surface area is 117 Å². The lowest BCUT2D eigenvalue weighted by atomic mass is 10.1. The average molecular weight is 272 g/mol. The van der Waals surface area contributed by atoms with Crippen LogP contribution in [0.5, 0.6) is 0 Å². The van der Waals surface area contributed by atoms with E-state index in [1.165, 1.54) is 16.7 Å². The number of nitrogens with zero attached hydrogens (tertiary/aromatic N) is 2. The Kier molecular flexibility index (Phi) is 4.45. The summed E-state index contributed by atoms with van der Waals surface area (Å²) < 4.78 is 14.4. The van der Waals surface area contributed by atoms with Crippen molar-refractivity contribution in [3.05, 3.63) is 65.5 Å². The number of hydrogen-bond acceptors (Lipinski definition) is 2. The predicted octanol–water partition coefficient (Wildman–Crippen LogP) is 2.82. The fourth-order valence-electron chi connectivity index (χ4n) is 1.88. The van der Waals surface area contributed by atoms with Crippen LogP contribution in [0.15, 0.2) is 53.7 Å². The van der Waals surface area contributed by atoms with Crippen molar-refractivity contribution in [1.29, 1.82) is 0 Å². The zero-order valence-electron chi connectivity index (χ0n) is 11.6. The number of carbonyl (C=O) groups is 1. The van der Waals surface area contributed by atoms with Crippen LogP contribution in [0.4, 0.5) is 4.39 Å². The molecule has 0 aliphatic rings. The van der Waals surface area contributed by atoms with Crippen LogP contribution in [0.1, 0.15) is 24.2 Å². The van der Waals surface area contributed by atoms with Crippen molar-refractivity contribution in [3.63, 3.8) is 0 Å². The minimum absolute atomic E-state index is 0.0865. The summed E-state index contributed by atoms with van der Waals surface area (Å²) in [7, 11) is 0. The molecular weight excluding hydrogens is 255 g/mol. The summed E-state index contributed by atoms with van der Waals surface area (Å²) in [5.74, 6) is -0.388. The maximum atomic E-state index is 12.8. The van der Waals surface area contributed by atoms with Crippen LogP contribution in [-0.2, 0) is 6.42 Å². The lowest BCUT2D eigenvalue weighted by Gasteiger charge is -2.07. The third kappa shape index (κ3) is 3.63. The Bertz CT molecular complexity index is 657. The van der Waals surface area contributed by atoms with Gasteiger partial charge in [-0.2, -0.15) is 0 Å². The van der Waals surface area contributed by atoms with E-state index in [0.29, 0.717) is 5.49 Å². The van der Waals surface area contributed by atoms with E-state index in [9.17, 15) is 9.18 Å². The van der Waals surface area contributed by atoms with Gasteiger partial charge in [0.2, 0.25) is 5.91 Å². The first-order chi connectivity index (χ1) is 9.56. The zero-order valence-corrected chi connectivity index (χ0v) is 11.6. The molecule has 0 saturated heterocycles. The summed E-state index contributed by atoms with van der Waals surface area (Å²) in [5, 5.41) is 0. The van der Waals surface area contributed by atoms with Crippen molar-refractivity contribution < 1.29 is 9.18 Å². The third-order valence-corrected chi connectivity index (χ3v) is 2.77. The lowest BCUT2D eigenvalue weighted by Crippen LogP contribution is -2.28. The van der Waals surface area contributed by atoms with Gasteiger partial charge in [-0.05, 0) is 43.7 Å². The molecule has 1 aromatic carbocycles. The van der Waals surface area contributed by atoms with E-state index < -0.39 is 0 Å². The van der Waals surface area contributed by atoms with Crippen LogP contribution in [0.25, 0.3) is 0 Å². The Morgan fingerprint density at radius 3 is 2.55 bits per heavy atom. The number of benzene rings is 1. The molecule has 4 heteroatoms. The summed E-state index contributed by atoms with van der Waals surface area (Å²) in [5.41, 5.74) is 1.41. The van der Waals surface area contributed by atoms with Gasteiger partial charge in [0.05, 0.1) is 6.42 Å². The number of carbonyl (C=O) groups excluding carboxylic acids is 1. The largest absolute Gasteiger partial charge is 0.274 e. The van der Waals surface area contributed by atoms with E-state index in [1.807, 2.05) is 26.0 Å². The van der Waals surface area contributed by atoms with Crippen LogP contribution in [0, 0.1) is 5.82 Å². The highest BCUT2D eigenvalue weighted by atomic mass is 19.1. The number of pyridine rings is 1. The second-order valence-electron chi connectivity index (χ2n) is 4.85. The molecule has 20 heavy (non-hydrogen) atoms. The molecule has 0 N–H and O–H groups in total. The van der Waals surface area contributed by atoms with Gasteiger partial charge in [-0.25, -0.2) is 4.39 Å². The normalized spacial score (nSPS) is 11.9. The van der Waals surface area contributed by atoms with E-state index in [2.05, 4.69) is 4.99 Å². The smallest absolute Gasteiger partial charge is 0.236 e. The molecule has 0 aliphatic heterocycles. The summed E-state index contributed by atoms with van der Waals surface area (Å²) in [4.78, 5) is 16.7. The number of hydrogen-bond donors (Lipinski definition) is 0. The monoisotopic (exact) mass is 272 g/mol. The molecule has 2 rings (SSSR count). The molecule has 3 nitrogen and oxygen atoms in total. The molecule has 0 fully saturated rings. The first-order valence-electron chi connectivity index (χ1n) is 6.55. The van der Waals surface area contributed by atoms with Gasteiger partial charge in [-0.1, -0.05) is 18.2 Å². The summed E-state index contributed by atoms with van der Waals surface area (Å²) in [6.45, 7) is 3.92.